The predicted octanol–water partition coefficient (Wildman–Crippen LogP) is 0.824. The van der Waals surface area contributed by atoms with Gasteiger partial charge in [0.25, 0.3) is 0 Å². The second-order valence-electron chi connectivity index (χ2n) is 3.90. The Bertz CT molecular complexity index is 116. The van der Waals surface area contributed by atoms with Crippen molar-refractivity contribution in [1.29, 1.82) is 0 Å². The second-order valence-corrected chi connectivity index (χ2v) is 3.90. The van der Waals surface area contributed by atoms with Gasteiger partial charge in [0.1, 0.15) is 0 Å². The van der Waals surface area contributed by atoms with Crippen LogP contribution in [0.25, 0.3) is 0 Å². The van der Waals surface area contributed by atoms with Gasteiger partial charge in [-0.15, -0.1) is 0 Å². The van der Waals surface area contributed by atoms with E-state index in [9.17, 15) is 0 Å². The van der Waals surface area contributed by atoms with Crippen molar-refractivity contribution in [3.05, 3.63) is 0 Å². The molecule has 0 aliphatic rings. The van der Waals surface area contributed by atoms with E-state index in [-0.39, 0.29) is 26.4 Å². The van der Waals surface area contributed by atoms with E-state index in [0.717, 1.165) is 39.3 Å². The highest BCUT2D eigenvalue weighted by Crippen LogP contribution is 1.81. The van der Waals surface area contributed by atoms with Gasteiger partial charge in [-0.1, -0.05) is 13.8 Å². The smallest absolute Gasteiger partial charge is 0.0698 e. The molecule has 0 bridgehead atoms. The van der Waals surface area contributed by atoms with Crippen molar-refractivity contribution in [2.24, 2.45) is 0 Å². The van der Waals surface area contributed by atoms with E-state index in [1.165, 1.54) is 0 Å². The molecule has 0 aromatic heterocycles. The zero-order valence-electron chi connectivity index (χ0n) is 15.5. The maximum absolute atomic E-state index is 8.09. The van der Waals surface area contributed by atoms with Gasteiger partial charge in [0.15, 0.2) is 0 Å². The number of aliphatic hydroxyl groups excluding tert-OH is 4. The molecule has 7 nitrogen and oxygen atoms in total. The van der Waals surface area contributed by atoms with Crippen LogP contribution >= 0.6 is 0 Å². The van der Waals surface area contributed by atoms with Crippen molar-refractivity contribution in [3.8, 4) is 0 Å². The standard InChI is InChI=1S/C6H14O.C4H10O3.C4H10O.C2H6O2/c1-3-5-7-6-4-2;5-1-3-7-4-2-6;1-3-5-4-2;3-1-2-4/h3-6H2,1-2H3;5-6H,1-4H2;3-4H2,1-2H3;3-4H,1-2H2. The first-order chi connectivity index (χ1) is 11.2. The molecule has 0 aromatic carbocycles. The highest BCUT2D eigenvalue weighted by atomic mass is 16.5. The summed E-state index contributed by atoms with van der Waals surface area (Å²) in [6.07, 6.45) is 2.28. The molecule has 0 saturated heterocycles. The van der Waals surface area contributed by atoms with Gasteiger partial charge in [0.2, 0.25) is 0 Å². The molecule has 7 heteroatoms. The molecule has 0 aliphatic carbocycles. The first-order valence-corrected chi connectivity index (χ1v) is 8.33. The lowest BCUT2D eigenvalue weighted by atomic mass is 10.5. The summed E-state index contributed by atoms with van der Waals surface area (Å²) in [7, 11) is 0. The first-order valence-electron chi connectivity index (χ1n) is 8.33. The van der Waals surface area contributed by atoms with Crippen LogP contribution in [0.3, 0.4) is 0 Å². The molecule has 0 spiro atoms. The molecule has 0 saturated carbocycles. The van der Waals surface area contributed by atoms with E-state index >= 15 is 0 Å². The van der Waals surface area contributed by atoms with Crippen molar-refractivity contribution in [1.82, 2.24) is 0 Å². The molecule has 0 radical (unpaired) electrons. The summed E-state index contributed by atoms with van der Waals surface area (Å²) in [6, 6.07) is 0. The SMILES string of the molecule is CCCOCCC.CCOCC.OCCO.OCCOCCO. The molecule has 4 N–H and O–H groups in total. The van der Waals surface area contributed by atoms with Crippen LogP contribution in [0, 0.1) is 0 Å². The molecule has 0 amide bonds. The van der Waals surface area contributed by atoms with Crippen LogP contribution in [0.1, 0.15) is 40.5 Å². The maximum Gasteiger partial charge on any atom is 0.0698 e. The quantitative estimate of drug-likeness (QED) is 0.411. The molecule has 23 heavy (non-hydrogen) atoms. The van der Waals surface area contributed by atoms with E-state index in [4.69, 9.17) is 29.9 Å². The third-order valence-electron chi connectivity index (χ3n) is 1.68. The Morgan fingerprint density at radius 3 is 1.00 bits per heavy atom. The van der Waals surface area contributed by atoms with Crippen LogP contribution in [0.2, 0.25) is 0 Å². The molecule has 0 aromatic rings. The third kappa shape index (κ3) is 73.5. The Morgan fingerprint density at radius 2 is 0.826 bits per heavy atom. The lowest BCUT2D eigenvalue weighted by molar-refractivity contribution is 0.0650. The lowest BCUT2D eigenvalue weighted by Gasteiger charge is -1.95. The van der Waals surface area contributed by atoms with Crippen LogP contribution in [0.5, 0.6) is 0 Å². The van der Waals surface area contributed by atoms with Gasteiger partial charge in [-0.3, -0.25) is 0 Å². The van der Waals surface area contributed by atoms with Crippen LogP contribution in [0.15, 0.2) is 0 Å². The van der Waals surface area contributed by atoms with Crippen LogP contribution < -0.4 is 0 Å². The topological polar surface area (TPSA) is 109 Å². The summed E-state index contributed by atoms with van der Waals surface area (Å²) in [6.45, 7) is 12.2. The summed E-state index contributed by atoms with van der Waals surface area (Å²) < 4.78 is 14.6. The number of aliphatic hydroxyl groups is 4. The molecule has 0 unspecified atom stereocenters. The Balaban J connectivity index is -0.000000107. The normalized spacial score (nSPS) is 8.87. The van der Waals surface area contributed by atoms with Gasteiger partial charge in [-0.05, 0) is 26.7 Å². The minimum absolute atomic E-state index is 0.0278. The molecule has 0 atom stereocenters. The Labute approximate surface area is 142 Å². The van der Waals surface area contributed by atoms with Crippen molar-refractivity contribution in [3.63, 3.8) is 0 Å². The lowest BCUT2D eigenvalue weighted by Crippen LogP contribution is -2.03. The molecule has 0 aliphatic heterocycles. The van der Waals surface area contributed by atoms with Crippen molar-refractivity contribution < 1.29 is 34.6 Å². The van der Waals surface area contributed by atoms with Gasteiger partial charge in [0, 0.05) is 26.4 Å². The van der Waals surface area contributed by atoms with Gasteiger partial charge in [0.05, 0.1) is 39.6 Å². The molecule has 0 rings (SSSR count). The van der Waals surface area contributed by atoms with Gasteiger partial charge < -0.3 is 34.6 Å². The highest BCUT2D eigenvalue weighted by Gasteiger charge is 1.79. The molecule has 0 fully saturated rings. The fourth-order valence-corrected chi connectivity index (χ4v) is 0.826. The van der Waals surface area contributed by atoms with Crippen LogP contribution in [0.4, 0.5) is 0 Å². The second kappa shape index (κ2) is 43.0. The summed E-state index contributed by atoms with van der Waals surface area (Å²) in [5.74, 6) is 0. The fourth-order valence-electron chi connectivity index (χ4n) is 0.826. The number of hydrogen-bond donors (Lipinski definition) is 4. The Morgan fingerprint density at radius 1 is 0.478 bits per heavy atom. The average Bonchev–Trinajstić information content (AvgIpc) is 2.58. The highest BCUT2D eigenvalue weighted by molar-refractivity contribution is 4.25. The zero-order valence-corrected chi connectivity index (χ0v) is 15.5. The monoisotopic (exact) mass is 344 g/mol. The number of rotatable bonds is 11. The summed E-state index contributed by atoms with van der Waals surface area (Å²) >= 11 is 0. The molecule has 0 heterocycles. The van der Waals surface area contributed by atoms with Crippen molar-refractivity contribution >= 4 is 0 Å². The first kappa shape index (κ1) is 30.6. The van der Waals surface area contributed by atoms with Crippen molar-refractivity contribution in [2.75, 3.05) is 66.1 Å². The fraction of sp³-hybridized carbons (Fsp3) is 1.00. The average molecular weight is 344 g/mol. The van der Waals surface area contributed by atoms with E-state index in [1.807, 2.05) is 13.8 Å². The van der Waals surface area contributed by atoms with Crippen molar-refractivity contribution in [2.45, 2.75) is 40.5 Å². The maximum atomic E-state index is 8.09. The van der Waals surface area contributed by atoms with Gasteiger partial charge >= 0.3 is 0 Å². The van der Waals surface area contributed by atoms with E-state index < -0.39 is 0 Å². The number of ether oxygens (including phenoxy) is 3. The van der Waals surface area contributed by atoms with Crippen LogP contribution in [-0.2, 0) is 14.2 Å². The molecule has 146 valence electrons. The Hall–Kier alpha value is -0.280. The Kier molecular flexibility index (Phi) is 57.2. The van der Waals surface area contributed by atoms with E-state index in [0.29, 0.717) is 13.2 Å². The van der Waals surface area contributed by atoms with Gasteiger partial charge in [-0.25, -0.2) is 0 Å². The zero-order chi connectivity index (χ0) is 18.6. The molecular formula is C16H40O7. The van der Waals surface area contributed by atoms with E-state index in [2.05, 4.69) is 18.6 Å². The van der Waals surface area contributed by atoms with E-state index in [1.54, 1.807) is 0 Å². The third-order valence-corrected chi connectivity index (χ3v) is 1.68. The van der Waals surface area contributed by atoms with Gasteiger partial charge in [-0.2, -0.15) is 0 Å². The predicted molar refractivity (Wildman–Crippen MR) is 92.7 cm³/mol. The summed E-state index contributed by atoms with van der Waals surface area (Å²) in [5.41, 5.74) is 0. The summed E-state index contributed by atoms with van der Waals surface area (Å²) in [5, 5.41) is 31.4. The van der Waals surface area contributed by atoms with Crippen LogP contribution in [-0.4, -0.2) is 86.5 Å². The minimum Gasteiger partial charge on any atom is -0.394 e. The largest absolute Gasteiger partial charge is 0.394 e. The number of hydrogen-bond acceptors (Lipinski definition) is 7. The minimum atomic E-state index is -0.125. The summed E-state index contributed by atoms with van der Waals surface area (Å²) in [4.78, 5) is 0. The molecular weight excluding hydrogens is 304 g/mol.